The predicted molar refractivity (Wildman–Crippen MR) is 51.3 cm³/mol. The summed E-state index contributed by atoms with van der Waals surface area (Å²) in [6.07, 6.45) is -0.0353. The van der Waals surface area contributed by atoms with Gasteiger partial charge in [0, 0.05) is 0 Å². The van der Waals surface area contributed by atoms with Gasteiger partial charge in [0.1, 0.15) is 5.60 Å². The second-order valence-corrected chi connectivity index (χ2v) is 4.29. The number of ether oxygens (including phenoxy) is 1. The van der Waals surface area contributed by atoms with E-state index in [1.165, 1.54) is 0 Å². The SMILES string of the molecule is CC[C@@H](C(=O)OC(C)(C)C)[C@H](C)O. The third-order valence-electron chi connectivity index (χ3n) is 1.73. The average Bonchev–Trinajstić information content (AvgIpc) is 1.82. The van der Waals surface area contributed by atoms with E-state index < -0.39 is 17.6 Å². The van der Waals surface area contributed by atoms with Crippen LogP contribution in [0, 0.1) is 5.92 Å². The Labute approximate surface area is 80.1 Å². The lowest BCUT2D eigenvalue weighted by Gasteiger charge is -2.24. The Balaban J connectivity index is 4.23. The van der Waals surface area contributed by atoms with E-state index in [1.807, 2.05) is 27.7 Å². The van der Waals surface area contributed by atoms with Crippen molar-refractivity contribution in [3.8, 4) is 0 Å². The van der Waals surface area contributed by atoms with Crippen molar-refractivity contribution in [3.63, 3.8) is 0 Å². The van der Waals surface area contributed by atoms with Crippen LogP contribution in [0.25, 0.3) is 0 Å². The molecule has 0 bridgehead atoms. The van der Waals surface area contributed by atoms with Crippen molar-refractivity contribution in [2.24, 2.45) is 5.92 Å². The molecular formula is C10H20O3. The number of carbonyl (C=O) groups is 1. The first-order chi connectivity index (χ1) is 5.78. The molecule has 0 aliphatic heterocycles. The summed E-state index contributed by atoms with van der Waals surface area (Å²) in [5.74, 6) is -0.718. The van der Waals surface area contributed by atoms with Gasteiger partial charge in [-0.3, -0.25) is 4.79 Å². The van der Waals surface area contributed by atoms with Gasteiger partial charge in [-0.05, 0) is 34.1 Å². The Bertz CT molecular complexity index is 167. The molecule has 3 heteroatoms. The number of hydrogen-bond donors (Lipinski definition) is 1. The normalized spacial score (nSPS) is 16.5. The minimum atomic E-state index is -0.639. The smallest absolute Gasteiger partial charge is 0.312 e. The fourth-order valence-electron chi connectivity index (χ4n) is 1.08. The predicted octanol–water partition coefficient (Wildman–Crippen LogP) is 1.74. The molecule has 78 valence electrons. The van der Waals surface area contributed by atoms with Gasteiger partial charge in [-0.15, -0.1) is 0 Å². The largest absolute Gasteiger partial charge is 0.460 e. The van der Waals surface area contributed by atoms with E-state index >= 15 is 0 Å². The molecule has 0 amide bonds. The second-order valence-electron chi connectivity index (χ2n) is 4.29. The van der Waals surface area contributed by atoms with Gasteiger partial charge in [0.25, 0.3) is 0 Å². The van der Waals surface area contributed by atoms with Crippen LogP contribution in [-0.4, -0.2) is 22.8 Å². The maximum atomic E-state index is 11.4. The lowest BCUT2D eigenvalue weighted by molar-refractivity contribution is -0.163. The quantitative estimate of drug-likeness (QED) is 0.686. The topological polar surface area (TPSA) is 46.5 Å². The number of esters is 1. The molecule has 0 saturated carbocycles. The monoisotopic (exact) mass is 188 g/mol. The van der Waals surface area contributed by atoms with Crippen LogP contribution in [0.4, 0.5) is 0 Å². The van der Waals surface area contributed by atoms with E-state index in [2.05, 4.69) is 0 Å². The van der Waals surface area contributed by atoms with E-state index in [9.17, 15) is 9.90 Å². The van der Waals surface area contributed by atoms with Gasteiger partial charge in [0.2, 0.25) is 0 Å². The zero-order valence-electron chi connectivity index (χ0n) is 9.13. The average molecular weight is 188 g/mol. The van der Waals surface area contributed by atoms with E-state index in [1.54, 1.807) is 6.92 Å². The molecule has 13 heavy (non-hydrogen) atoms. The molecule has 0 radical (unpaired) electrons. The van der Waals surface area contributed by atoms with Gasteiger partial charge in [0.05, 0.1) is 12.0 Å². The van der Waals surface area contributed by atoms with Gasteiger partial charge in [0.15, 0.2) is 0 Å². The number of rotatable bonds is 3. The summed E-state index contributed by atoms with van der Waals surface area (Å²) in [6.45, 7) is 8.93. The Kier molecular flexibility index (Phi) is 4.40. The molecule has 0 saturated heterocycles. The summed E-state index contributed by atoms with van der Waals surface area (Å²) in [4.78, 5) is 11.4. The summed E-state index contributed by atoms with van der Waals surface area (Å²) in [6, 6.07) is 0. The molecular weight excluding hydrogens is 168 g/mol. The van der Waals surface area contributed by atoms with Crippen molar-refractivity contribution in [1.82, 2.24) is 0 Å². The Morgan fingerprint density at radius 3 is 2.15 bits per heavy atom. The summed E-state index contributed by atoms with van der Waals surface area (Å²) >= 11 is 0. The van der Waals surface area contributed by atoms with E-state index in [0.717, 1.165) is 0 Å². The zero-order chi connectivity index (χ0) is 10.6. The summed E-state index contributed by atoms with van der Waals surface area (Å²) < 4.78 is 5.15. The zero-order valence-corrected chi connectivity index (χ0v) is 9.13. The molecule has 0 aromatic rings. The third kappa shape index (κ3) is 4.88. The lowest BCUT2D eigenvalue weighted by Crippen LogP contribution is -2.33. The van der Waals surface area contributed by atoms with Gasteiger partial charge >= 0.3 is 5.97 Å². The highest BCUT2D eigenvalue weighted by molar-refractivity contribution is 5.73. The molecule has 1 N–H and O–H groups in total. The van der Waals surface area contributed by atoms with Crippen LogP contribution in [0.1, 0.15) is 41.0 Å². The molecule has 0 aliphatic rings. The van der Waals surface area contributed by atoms with Crippen molar-refractivity contribution < 1.29 is 14.6 Å². The number of aliphatic hydroxyl groups excluding tert-OH is 1. The molecule has 0 aliphatic carbocycles. The van der Waals surface area contributed by atoms with E-state index in [-0.39, 0.29) is 5.97 Å². The molecule has 0 rings (SSSR count). The van der Waals surface area contributed by atoms with Gasteiger partial charge in [-0.2, -0.15) is 0 Å². The standard InChI is InChI=1S/C10H20O3/c1-6-8(7(2)11)9(12)13-10(3,4)5/h7-8,11H,6H2,1-5H3/t7-,8+/m0/s1. The Hall–Kier alpha value is -0.570. The molecule has 0 spiro atoms. The van der Waals surface area contributed by atoms with Crippen LogP contribution >= 0.6 is 0 Å². The fraction of sp³-hybridized carbons (Fsp3) is 0.900. The van der Waals surface area contributed by atoms with E-state index in [0.29, 0.717) is 6.42 Å². The van der Waals surface area contributed by atoms with Crippen molar-refractivity contribution in [2.45, 2.75) is 52.7 Å². The van der Waals surface area contributed by atoms with Gasteiger partial charge < -0.3 is 9.84 Å². The van der Waals surface area contributed by atoms with Crippen molar-refractivity contribution >= 4 is 5.97 Å². The lowest BCUT2D eigenvalue weighted by atomic mass is 10.0. The first-order valence-corrected chi connectivity index (χ1v) is 4.69. The van der Waals surface area contributed by atoms with Crippen LogP contribution in [0.15, 0.2) is 0 Å². The van der Waals surface area contributed by atoms with Crippen LogP contribution < -0.4 is 0 Å². The fourth-order valence-corrected chi connectivity index (χ4v) is 1.08. The molecule has 0 aromatic heterocycles. The second kappa shape index (κ2) is 4.61. The maximum Gasteiger partial charge on any atom is 0.312 e. The highest BCUT2D eigenvalue weighted by Gasteiger charge is 2.26. The number of aliphatic hydroxyl groups is 1. The molecule has 3 nitrogen and oxygen atoms in total. The minimum absolute atomic E-state index is 0.315. The van der Waals surface area contributed by atoms with Crippen molar-refractivity contribution in [2.75, 3.05) is 0 Å². The Morgan fingerprint density at radius 1 is 1.46 bits per heavy atom. The maximum absolute atomic E-state index is 11.4. The van der Waals surface area contributed by atoms with Crippen LogP contribution in [0.2, 0.25) is 0 Å². The number of hydrogen-bond acceptors (Lipinski definition) is 3. The first-order valence-electron chi connectivity index (χ1n) is 4.69. The van der Waals surface area contributed by atoms with Crippen molar-refractivity contribution in [1.29, 1.82) is 0 Å². The van der Waals surface area contributed by atoms with Gasteiger partial charge in [-0.1, -0.05) is 6.92 Å². The molecule has 0 fully saturated rings. The van der Waals surface area contributed by atoms with E-state index in [4.69, 9.17) is 4.74 Å². The highest BCUT2D eigenvalue weighted by atomic mass is 16.6. The summed E-state index contributed by atoms with van der Waals surface area (Å²) in [5, 5.41) is 9.28. The number of carbonyl (C=O) groups excluding carboxylic acids is 1. The summed E-state index contributed by atoms with van der Waals surface area (Å²) in [7, 11) is 0. The molecule has 0 unspecified atom stereocenters. The molecule has 2 atom stereocenters. The molecule has 0 heterocycles. The highest BCUT2D eigenvalue weighted by Crippen LogP contribution is 2.16. The first kappa shape index (κ1) is 12.4. The van der Waals surface area contributed by atoms with Crippen LogP contribution in [0.3, 0.4) is 0 Å². The summed E-state index contributed by atoms with van der Waals surface area (Å²) in [5.41, 5.74) is -0.473. The minimum Gasteiger partial charge on any atom is -0.460 e. The van der Waals surface area contributed by atoms with Gasteiger partial charge in [-0.25, -0.2) is 0 Å². The van der Waals surface area contributed by atoms with Crippen LogP contribution in [-0.2, 0) is 9.53 Å². The Morgan fingerprint density at radius 2 is 1.92 bits per heavy atom. The van der Waals surface area contributed by atoms with Crippen LogP contribution in [0.5, 0.6) is 0 Å². The third-order valence-corrected chi connectivity index (χ3v) is 1.73. The molecule has 0 aromatic carbocycles. The van der Waals surface area contributed by atoms with Crippen molar-refractivity contribution in [3.05, 3.63) is 0 Å².